The smallest absolute Gasteiger partial charge is 0.266 e. The molecule has 0 aromatic carbocycles. The first-order chi connectivity index (χ1) is 11.2. The largest absolute Gasteiger partial charge is 0.334 e. The van der Waals surface area contributed by atoms with Crippen molar-refractivity contribution in [1.82, 2.24) is 25.2 Å². The molecular formula is C16H22ClN5OS. The summed E-state index contributed by atoms with van der Waals surface area (Å²) in [5.74, 6) is 0.655. The number of amides is 1. The van der Waals surface area contributed by atoms with Crippen LogP contribution in [0.25, 0.3) is 10.8 Å². The minimum Gasteiger partial charge on any atom is -0.334 e. The minimum atomic E-state index is 0. The second kappa shape index (κ2) is 8.50. The fourth-order valence-corrected chi connectivity index (χ4v) is 3.80. The molecule has 130 valence electrons. The van der Waals surface area contributed by atoms with E-state index in [4.69, 9.17) is 0 Å². The Bertz CT molecular complexity index is 672. The quantitative estimate of drug-likeness (QED) is 0.879. The van der Waals surface area contributed by atoms with E-state index >= 15 is 0 Å². The average Bonchev–Trinajstić information content (AvgIpc) is 3.22. The maximum absolute atomic E-state index is 13.0. The van der Waals surface area contributed by atoms with Crippen LogP contribution in [0.4, 0.5) is 0 Å². The van der Waals surface area contributed by atoms with Crippen LogP contribution in [0.5, 0.6) is 0 Å². The minimum absolute atomic E-state index is 0. The number of hydrogen-bond donors (Lipinski definition) is 1. The SMILES string of the molecule is CCCN(C(=O)c1sc(-c2ncccn2)nc1C)C1CCNC1.Cl. The van der Waals surface area contributed by atoms with Crippen LogP contribution < -0.4 is 5.32 Å². The van der Waals surface area contributed by atoms with E-state index in [1.165, 1.54) is 11.3 Å². The monoisotopic (exact) mass is 367 g/mol. The summed E-state index contributed by atoms with van der Waals surface area (Å²) in [6.07, 6.45) is 5.34. The van der Waals surface area contributed by atoms with E-state index in [9.17, 15) is 4.79 Å². The molecule has 0 radical (unpaired) electrons. The van der Waals surface area contributed by atoms with Gasteiger partial charge in [-0.05, 0) is 32.4 Å². The zero-order chi connectivity index (χ0) is 16.2. The molecule has 1 atom stereocenters. The first-order valence-corrected chi connectivity index (χ1v) is 8.79. The molecular weight excluding hydrogens is 346 g/mol. The predicted molar refractivity (Wildman–Crippen MR) is 97.7 cm³/mol. The molecule has 2 aromatic heterocycles. The third kappa shape index (κ3) is 3.91. The number of thiazole rings is 1. The van der Waals surface area contributed by atoms with E-state index in [0.717, 1.165) is 38.2 Å². The van der Waals surface area contributed by atoms with Crippen LogP contribution >= 0.6 is 23.7 Å². The van der Waals surface area contributed by atoms with Gasteiger partial charge in [0.2, 0.25) is 0 Å². The van der Waals surface area contributed by atoms with Crippen molar-refractivity contribution in [2.45, 2.75) is 32.7 Å². The van der Waals surface area contributed by atoms with Crippen LogP contribution in [0.3, 0.4) is 0 Å². The van der Waals surface area contributed by atoms with Crippen molar-refractivity contribution in [1.29, 1.82) is 0 Å². The molecule has 1 amide bonds. The van der Waals surface area contributed by atoms with Crippen molar-refractivity contribution < 1.29 is 4.79 Å². The molecule has 8 heteroatoms. The summed E-state index contributed by atoms with van der Waals surface area (Å²) in [7, 11) is 0. The van der Waals surface area contributed by atoms with Gasteiger partial charge in [0.25, 0.3) is 5.91 Å². The van der Waals surface area contributed by atoms with Crippen LogP contribution in [0.2, 0.25) is 0 Å². The maximum atomic E-state index is 13.0. The molecule has 1 aliphatic heterocycles. The van der Waals surface area contributed by atoms with Crippen LogP contribution in [0.15, 0.2) is 18.5 Å². The molecule has 2 aromatic rings. The lowest BCUT2D eigenvalue weighted by atomic mass is 10.2. The summed E-state index contributed by atoms with van der Waals surface area (Å²) in [4.78, 5) is 28.7. The molecule has 24 heavy (non-hydrogen) atoms. The molecule has 3 rings (SSSR count). The predicted octanol–water partition coefficient (Wildman–Crippen LogP) is 2.54. The average molecular weight is 368 g/mol. The van der Waals surface area contributed by atoms with Crippen molar-refractivity contribution in [2.75, 3.05) is 19.6 Å². The summed E-state index contributed by atoms with van der Waals surface area (Å²) in [6, 6.07) is 2.05. The number of carbonyl (C=O) groups excluding carboxylic acids is 1. The molecule has 6 nitrogen and oxygen atoms in total. The lowest BCUT2D eigenvalue weighted by Gasteiger charge is -2.27. The van der Waals surface area contributed by atoms with Crippen LogP contribution in [-0.2, 0) is 0 Å². The van der Waals surface area contributed by atoms with Crippen molar-refractivity contribution in [3.63, 3.8) is 0 Å². The number of nitrogens with one attached hydrogen (secondary N) is 1. The fraction of sp³-hybridized carbons (Fsp3) is 0.500. The number of rotatable bonds is 5. The Labute approximate surface area is 152 Å². The van der Waals surface area contributed by atoms with Crippen LogP contribution in [0, 0.1) is 6.92 Å². The Hall–Kier alpha value is -1.57. The Kier molecular flexibility index (Phi) is 6.65. The fourth-order valence-electron chi connectivity index (χ4n) is 2.83. The van der Waals surface area contributed by atoms with Gasteiger partial charge in [0.05, 0.1) is 5.69 Å². The highest BCUT2D eigenvalue weighted by molar-refractivity contribution is 7.17. The molecule has 1 unspecified atom stereocenters. The topological polar surface area (TPSA) is 71.0 Å². The van der Waals surface area contributed by atoms with Gasteiger partial charge in [-0.2, -0.15) is 0 Å². The van der Waals surface area contributed by atoms with Gasteiger partial charge in [0, 0.05) is 31.5 Å². The third-order valence-electron chi connectivity index (χ3n) is 3.95. The Balaban J connectivity index is 0.00000208. The summed E-state index contributed by atoms with van der Waals surface area (Å²) in [5.41, 5.74) is 0.759. The zero-order valence-electron chi connectivity index (χ0n) is 13.9. The summed E-state index contributed by atoms with van der Waals surface area (Å²) >= 11 is 1.39. The van der Waals surface area contributed by atoms with Gasteiger partial charge in [0.1, 0.15) is 4.88 Å². The van der Waals surface area contributed by atoms with E-state index in [-0.39, 0.29) is 24.4 Å². The molecule has 0 bridgehead atoms. The number of halogens is 1. The highest BCUT2D eigenvalue weighted by Crippen LogP contribution is 2.27. The second-order valence-electron chi connectivity index (χ2n) is 5.65. The standard InChI is InChI=1S/C16H21N5OS.ClH/c1-3-9-21(12-5-8-17-10-12)16(22)13-11(2)20-15(23-13)14-18-6-4-7-19-14;/h4,6-7,12,17H,3,5,8-10H2,1-2H3;1H. The summed E-state index contributed by atoms with van der Waals surface area (Å²) in [5, 5.41) is 4.04. The lowest BCUT2D eigenvalue weighted by molar-refractivity contribution is 0.0696. The van der Waals surface area contributed by atoms with E-state index in [1.807, 2.05) is 11.8 Å². The van der Waals surface area contributed by atoms with Crippen molar-refractivity contribution >= 4 is 29.7 Å². The Morgan fingerprint density at radius 2 is 2.17 bits per heavy atom. The Morgan fingerprint density at radius 1 is 1.42 bits per heavy atom. The van der Waals surface area contributed by atoms with Crippen LogP contribution in [0.1, 0.15) is 35.1 Å². The zero-order valence-corrected chi connectivity index (χ0v) is 15.5. The normalized spacial score (nSPS) is 16.7. The summed E-state index contributed by atoms with van der Waals surface area (Å²) < 4.78 is 0. The second-order valence-corrected chi connectivity index (χ2v) is 6.65. The van der Waals surface area contributed by atoms with E-state index < -0.39 is 0 Å². The van der Waals surface area contributed by atoms with E-state index in [0.29, 0.717) is 15.7 Å². The first-order valence-electron chi connectivity index (χ1n) is 7.97. The van der Waals surface area contributed by atoms with Crippen LogP contribution in [-0.4, -0.2) is 51.4 Å². The van der Waals surface area contributed by atoms with E-state index in [1.54, 1.807) is 18.5 Å². The highest BCUT2D eigenvalue weighted by Gasteiger charge is 2.29. The number of aryl methyl sites for hydroxylation is 1. The summed E-state index contributed by atoms with van der Waals surface area (Å²) in [6.45, 7) is 6.61. The maximum Gasteiger partial charge on any atom is 0.266 e. The van der Waals surface area contributed by atoms with Crippen molar-refractivity contribution in [3.05, 3.63) is 29.0 Å². The number of carbonyl (C=O) groups is 1. The molecule has 0 aliphatic carbocycles. The number of hydrogen-bond acceptors (Lipinski definition) is 6. The highest BCUT2D eigenvalue weighted by atomic mass is 35.5. The van der Waals surface area contributed by atoms with Gasteiger partial charge in [-0.3, -0.25) is 4.79 Å². The molecule has 1 N–H and O–H groups in total. The molecule has 0 spiro atoms. The molecule has 3 heterocycles. The lowest BCUT2D eigenvalue weighted by Crippen LogP contribution is -2.42. The van der Waals surface area contributed by atoms with E-state index in [2.05, 4.69) is 27.2 Å². The third-order valence-corrected chi connectivity index (χ3v) is 5.09. The molecule has 1 fully saturated rings. The van der Waals surface area contributed by atoms with Gasteiger partial charge in [-0.1, -0.05) is 6.92 Å². The van der Waals surface area contributed by atoms with Gasteiger partial charge in [-0.15, -0.1) is 23.7 Å². The molecule has 1 saturated heterocycles. The van der Waals surface area contributed by atoms with Gasteiger partial charge < -0.3 is 10.2 Å². The van der Waals surface area contributed by atoms with Gasteiger partial charge >= 0.3 is 0 Å². The molecule has 1 aliphatic rings. The van der Waals surface area contributed by atoms with Gasteiger partial charge in [0.15, 0.2) is 10.8 Å². The van der Waals surface area contributed by atoms with Gasteiger partial charge in [-0.25, -0.2) is 15.0 Å². The Morgan fingerprint density at radius 3 is 2.79 bits per heavy atom. The number of nitrogens with zero attached hydrogens (tertiary/aromatic N) is 4. The first kappa shape index (κ1) is 18.8. The van der Waals surface area contributed by atoms with Crippen molar-refractivity contribution in [3.8, 4) is 10.8 Å². The number of aromatic nitrogens is 3. The molecule has 0 saturated carbocycles. The van der Waals surface area contributed by atoms with Crippen molar-refractivity contribution in [2.24, 2.45) is 0 Å².